The second-order valence-electron chi connectivity index (χ2n) is 8.75. The van der Waals surface area contributed by atoms with E-state index in [1.54, 1.807) is 14.1 Å². The van der Waals surface area contributed by atoms with Crippen molar-refractivity contribution in [3.8, 4) is 0 Å². The number of carbonyl (C=O) groups is 2. The van der Waals surface area contributed by atoms with Crippen molar-refractivity contribution in [1.29, 1.82) is 0 Å². The number of piperidine rings is 1. The smallest absolute Gasteiger partial charge is 0.317 e. The molecule has 1 saturated heterocycles. The van der Waals surface area contributed by atoms with Crippen LogP contribution in [0.4, 0.5) is 4.79 Å². The van der Waals surface area contributed by atoms with Crippen LogP contribution in [-0.2, 0) is 35.6 Å². The molecule has 1 aromatic heterocycles. The van der Waals surface area contributed by atoms with E-state index in [9.17, 15) is 9.59 Å². The van der Waals surface area contributed by atoms with Gasteiger partial charge in [0.1, 0.15) is 11.3 Å². The van der Waals surface area contributed by atoms with Crippen LogP contribution in [0.5, 0.6) is 0 Å². The second kappa shape index (κ2) is 8.66. The zero-order valence-electron chi connectivity index (χ0n) is 18.4. The summed E-state index contributed by atoms with van der Waals surface area (Å²) >= 11 is 0. The summed E-state index contributed by atoms with van der Waals surface area (Å²) in [6, 6.07) is 7.93. The number of hydrogen-bond acceptors (Lipinski definition) is 5. The van der Waals surface area contributed by atoms with Gasteiger partial charge in [-0.05, 0) is 25.3 Å². The Labute approximate surface area is 182 Å². The van der Waals surface area contributed by atoms with Gasteiger partial charge in [-0.25, -0.2) is 9.48 Å². The van der Waals surface area contributed by atoms with Crippen LogP contribution in [0, 0.1) is 6.92 Å². The Morgan fingerprint density at radius 1 is 1.23 bits per heavy atom. The van der Waals surface area contributed by atoms with E-state index < -0.39 is 5.60 Å². The average Bonchev–Trinajstić information content (AvgIpc) is 3.15. The first-order valence-corrected chi connectivity index (χ1v) is 10.7. The number of fused-ring (bicyclic) bond motifs is 1. The lowest BCUT2D eigenvalue weighted by Gasteiger charge is -2.44. The van der Waals surface area contributed by atoms with Crippen molar-refractivity contribution in [3.05, 3.63) is 46.8 Å². The lowest BCUT2D eigenvalue weighted by Crippen LogP contribution is -2.56. The molecule has 2 aliphatic rings. The fourth-order valence-electron chi connectivity index (χ4n) is 4.20. The maximum Gasteiger partial charge on any atom is 0.317 e. The first-order chi connectivity index (χ1) is 14.8. The molecule has 9 heteroatoms. The maximum atomic E-state index is 12.9. The van der Waals surface area contributed by atoms with E-state index in [0.29, 0.717) is 38.4 Å². The minimum absolute atomic E-state index is 0.128. The van der Waals surface area contributed by atoms with E-state index in [0.717, 1.165) is 30.6 Å². The van der Waals surface area contributed by atoms with Crippen LogP contribution in [0.15, 0.2) is 24.3 Å². The SMILES string of the molecule is Cc1ccc(CC(=O)N2CCCC3(C2)Cn2nnc(CNC(=O)N(C)C)c2CO3)cc1. The molecule has 4 rings (SSSR count). The van der Waals surface area contributed by atoms with Crippen LogP contribution in [0.1, 0.15) is 35.4 Å². The number of amides is 3. The van der Waals surface area contributed by atoms with E-state index >= 15 is 0 Å². The number of likely N-dealkylation sites (tertiary alicyclic amines) is 1. The summed E-state index contributed by atoms with van der Waals surface area (Å²) in [5, 5.41) is 11.4. The van der Waals surface area contributed by atoms with Crippen LogP contribution in [-0.4, -0.2) is 69.5 Å². The van der Waals surface area contributed by atoms with Crippen molar-refractivity contribution in [3.63, 3.8) is 0 Å². The monoisotopic (exact) mass is 426 g/mol. The highest BCUT2D eigenvalue weighted by Crippen LogP contribution is 2.32. The molecule has 0 bridgehead atoms. The predicted molar refractivity (Wildman–Crippen MR) is 114 cm³/mol. The lowest BCUT2D eigenvalue weighted by molar-refractivity contribution is -0.152. The molecule has 1 N–H and O–H groups in total. The van der Waals surface area contributed by atoms with Crippen LogP contribution in [0.3, 0.4) is 0 Å². The molecule has 2 aromatic rings. The van der Waals surface area contributed by atoms with Crippen LogP contribution >= 0.6 is 0 Å². The molecule has 31 heavy (non-hydrogen) atoms. The molecule has 0 aliphatic carbocycles. The summed E-state index contributed by atoms with van der Waals surface area (Å²) in [4.78, 5) is 28.1. The number of aryl methyl sites for hydroxylation is 1. The third kappa shape index (κ3) is 4.71. The van der Waals surface area contributed by atoms with Crippen molar-refractivity contribution >= 4 is 11.9 Å². The molecule has 1 fully saturated rings. The number of aromatic nitrogens is 3. The van der Waals surface area contributed by atoms with Gasteiger partial charge in [-0.3, -0.25) is 4.79 Å². The molecule has 2 aliphatic heterocycles. The number of ether oxygens (including phenoxy) is 1. The minimum atomic E-state index is -0.438. The van der Waals surface area contributed by atoms with Gasteiger partial charge < -0.3 is 19.9 Å². The van der Waals surface area contributed by atoms with Crippen molar-refractivity contribution in [1.82, 2.24) is 30.1 Å². The molecular weight excluding hydrogens is 396 g/mol. The summed E-state index contributed by atoms with van der Waals surface area (Å²) in [7, 11) is 3.39. The number of carbonyl (C=O) groups excluding carboxylic acids is 2. The topological polar surface area (TPSA) is 92.6 Å². The van der Waals surface area contributed by atoms with Crippen molar-refractivity contribution < 1.29 is 14.3 Å². The van der Waals surface area contributed by atoms with Crippen LogP contribution in [0.25, 0.3) is 0 Å². The van der Waals surface area contributed by atoms with Crippen molar-refractivity contribution in [2.75, 3.05) is 27.2 Å². The number of nitrogens with zero attached hydrogens (tertiary/aromatic N) is 5. The van der Waals surface area contributed by atoms with E-state index in [1.807, 2.05) is 40.8 Å². The largest absolute Gasteiger partial charge is 0.365 e. The molecule has 1 unspecified atom stereocenters. The summed E-state index contributed by atoms with van der Waals surface area (Å²) in [5.41, 5.74) is 3.38. The number of rotatable bonds is 4. The molecule has 0 radical (unpaired) electrons. The Morgan fingerprint density at radius 3 is 2.74 bits per heavy atom. The maximum absolute atomic E-state index is 12.9. The van der Waals surface area contributed by atoms with Gasteiger partial charge in [0.25, 0.3) is 0 Å². The molecule has 1 atom stereocenters. The van der Waals surface area contributed by atoms with E-state index in [-0.39, 0.29) is 11.9 Å². The fraction of sp³-hybridized carbons (Fsp3) is 0.545. The zero-order valence-corrected chi connectivity index (χ0v) is 18.4. The summed E-state index contributed by atoms with van der Waals surface area (Å²) in [6.45, 7) is 4.60. The van der Waals surface area contributed by atoms with Gasteiger partial charge in [-0.1, -0.05) is 35.0 Å². The Bertz CT molecular complexity index is 955. The summed E-state index contributed by atoms with van der Waals surface area (Å²) in [5.74, 6) is 0.128. The molecule has 1 spiro atoms. The number of hydrogen-bond donors (Lipinski definition) is 1. The fourth-order valence-corrected chi connectivity index (χ4v) is 4.20. The lowest BCUT2D eigenvalue weighted by atomic mass is 9.90. The Hall–Kier alpha value is -2.94. The molecule has 3 amide bonds. The van der Waals surface area contributed by atoms with E-state index in [1.165, 1.54) is 10.5 Å². The number of urea groups is 1. The number of benzene rings is 1. The average molecular weight is 427 g/mol. The first kappa shape index (κ1) is 21.3. The summed E-state index contributed by atoms with van der Waals surface area (Å²) in [6.07, 6.45) is 2.18. The van der Waals surface area contributed by atoms with Crippen LogP contribution < -0.4 is 5.32 Å². The number of nitrogens with one attached hydrogen (secondary N) is 1. The van der Waals surface area contributed by atoms with E-state index in [4.69, 9.17) is 4.74 Å². The molecule has 9 nitrogen and oxygen atoms in total. The highest BCUT2D eigenvalue weighted by Gasteiger charge is 2.42. The third-order valence-corrected chi connectivity index (χ3v) is 6.05. The molecule has 0 saturated carbocycles. The molecule has 166 valence electrons. The molecular formula is C22H30N6O3. The standard InChI is InChI=1S/C22H30N6O3/c1-16-5-7-17(8-6-16)11-20(29)27-10-4-9-22(14-27)15-28-19(13-31-22)18(24-25-28)12-23-21(30)26(2)3/h5-8H,4,9-15H2,1-3H3,(H,23,30). The highest BCUT2D eigenvalue weighted by molar-refractivity contribution is 5.79. The van der Waals surface area contributed by atoms with Gasteiger partial charge in [0.05, 0.1) is 38.4 Å². The normalized spacial score (nSPS) is 20.4. The third-order valence-electron chi connectivity index (χ3n) is 6.05. The van der Waals surface area contributed by atoms with Gasteiger partial charge in [-0.15, -0.1) is 5.10 Å². The zero-order chi connectivity index (χ0) is 22.0. The van der Waals surface area contributed by atoms with Gasteiger partial charge in [-0.2, -0.15) is 0 Å². The van der Waals surface area contributed by atoms with Gasteiger partial charge >= 0.3 is 6.03 Å². The Kier molecular flexibility index (Phi) is 5.95. The first-order valence-electron chi connectivity index (χ1n) is 10.7. The van der Waals surface area contributed by atoms with Crippen molar-refractivity contribution in [2.24, 2.45) is 0 Å². The van der Waals surface area contributed by atoms with Crippen molar-refractivity contribution in [2.45, 2.75) is 51.5 Å². The summed E-state index contributed by atoms with van der Waals surface area (Å²) < 4.78 is 8.18. The minimum Gasteiger partial charge on any atom is -0.365 e. The molecule has 3 heterocycles. The predicted octanol–water partition coefficient (Wildman–Crippen LogP) is 1.49. The molecule has 1 aromatic carbocycles. The second-order valence-corrected chi connectivity index (χ2v) is 8.75. The van der Waals surface area contributed by atoms with Gasteiger partial charge in [0, 0.05) is 20.6 Å². The van der Waals surface area contributed by atoms with Crippen LogP contribution in [0.2, 0.25) is 0 Å². The van der Waals surface area contributed by atoms with Gasteiger partial charge in [0.2, 0.25) is 5.91 Å². The van der Waals surface area contributed by atoms with E-state index in [2.05, 4.69) is 15.6 Å². The quantitative estimate of drug-likeness (QED) is 0.800. The Balaban J connectivity index is 1.40. The van der Waals surface area contributed by atoms with Gasteiger partial charge in [0.15, 0.2) is 0 Å². The Morgan fingerprint density at radius 2 is 2.00 bits per heavy atom. The highest BCUT2D eigenvalue weighted by atomic mass is 16.5.